The Morgan fingerprint density at radius 3 is 2.29 bits per heavy atom. The first kappa shape index (κ1) is 22.3. The topological polar surface area (TPSA) is 76.2 Å². The monoisotopic (exact) mass is 428 g/mol. The van der Waals surface area contributed by atoms with Crippen molar-refractivity contribution in [2.75, 3.05) is 32.8 Å². The number of nitrogens with zero attached hydrogens (tertiary/aromatic N) is 2. The average molecular weight is 428 g/mol. The van der Waals surface area contributed by atoms with E-state index in [4.69, 9.17) is 9.47 Å². The summed E-state index contributed by atoms with van der Waals surface area (Å²) in [4.78, 5) is 39.9. The molecule has 0 unspecified atom stereocenters. The highest BCUT2D eigenvalue weighted by Gasteiger charge is 2.24. The van der Waals surface area contributed by atoms with Crippen LogP contribution in [0.3, 0.4) is 0 Å². The summed E-state index contributed by atoms with van der Waals surface area (Å²) in [6.07, 6.45) is -0.00490. The van der Waals surface area contributed by atoms with Gasteiger partial charge in [0.2, 0.25) is 5.91 Å². The van der Waals surface area contributed by atoms with E-state index in [1.54, 1.807) is 41.0 Å². The fraction of sp³-hybridized carbons (Fsp3) is 0.348. The molecule has 0 bridgehead atoms. The Hall–Kier alpha value is -3.42. The number of rotatable bonds is 6. The lowest BCUT2D eigenvalue weighted by molar-refractivity contribution is -0.132. The fourth-order valence-electron chi connectivity index (χ4n) is 3.35. The zero-order valence-corrected chi connectivity index (χ0v) is 17.4. The fourth-order valence-corrected chi connectivity index (χ4v) is 3.35. The second kappa shape index (κ2) is 10.6. The van der Waals surface area contributed by atoms with E-state index < -0.39 is 6.16 Å². The summed E-state index contributed by atoms with van der Waals surface area (Å²) >= 11 is 0. The molecule has 2 amide bonds. The van der Waals surface area contributed by atoms with Crippen LogP contribution in [0.15, 0.2) is 48.5 Å². The molecule has 0 spiro atoms. The molecule has 1 fully saturated rings. The van der Waals surface area contributed by atoms with Crippen LogP contribution in [0.5, 0.6) is 5.75 Å². The molecule has 2 aromatic rings. The maximum Gasteiger partial charge on any atom is 0.513 e. The number of amides is 2. The van der Waals surface area contributed by atoms with Gasteiger partial charge in [0.25, 0.3) is 5.91 Å². The van der Waals surface area contributed by atoms with E-state index in [1.165, 1.54) is 24.3 Å². The number of hydrogen-bond donors (Lipinski definition) is 0. The summed E-state index contributed by atoms with van der Waals surface area (Å²) in [7, 11) is 0. The molecule has 164 valence electrons. The van der Waals surface area contributed by atoms with E-state index in [2.05, 4.69) is 0 Å². The number of hydrogen-bond acceptors (Lipinski definition) is 5. The van der Waals surface area contributed by atoms with Crippen LogP contribution in [0.2, 0.25) is 0 Å². The van der Waals surface area contributed by atoms with Crippen LogP contribution in [-0.2, 0) is 16.0 Å². The van der Waals surface area contributed by atoms with E-state index in [9.17, 15) is 18.8 Å². The molecule has 0 N–H and O–H groups in total. The van der Waals surface area contributed by atoms with Gasteiger partial charge in [0.15, 0.2) is 0 Å². The Morgan fingerprint density at radius 1 is 0.968 bits per heavy atom. The standard InChI is InChI=1S/C23H25FN2O5/c1-2-30-23(29)31-20-9-7-18(8-10-20)22(28)26-14-12-25(13-15-26)21(27)11-6-17-4-3-5-19(24)16-17/h3-5,7-10,16H,2,6,11-15H2,1H3. The average Bonchev–Trinajstić information content (AvgIpc) is 2.78. The second-order valence-corrected chi connectivity index (χ2v) is 7.11. The number of carbonyl (C=O) groups excluding carboxylic acids is 3. The highest BCUT2D eigenvalue weighted by atomic mass is 19.1. The van der Waals surface area contributed by atoms with Gasteiger partial charge in [-0.25, -0.2) is 9.18 Å². The SMILES string of the molecule is CCOC(=O)Oc1ccc(C(=O)N2CCN(C(=O)CCc3cccc(F)c3)CC2)cc1. The molecule has 0 radical (unpaired) electrons. The van der Waals surface area contributed by atoms with Gasteiger partial charge in [-0.15, -0.1) is 0 Å². The van der Waals surface area contributed by atoms with Gasteiger partial charge in [0, 0.05) is 38.2 Å². The van der Waals surface area contributed by atoms with Crippen molar-refractivity contribution in [2.45, 2.75) is 19.8 Å². The molecule has 0 aromatic heterocycles. The largest absolute Gasteiger partial charge is 0.513 e. The van der Waals surface area contributed by atoms with Crippen LogP contribution in [-0.4, -0.2) is 60.6 Å². The second-order valence-electron chi connectivity index (χ2n) is 7.11. The molecule has 1 aliphatic heterocycles. The van der Waals surface area contributed by atoms with Gasteiger partial charge in [-0.05, 0) is 55.3 Å². The third-order valence-corrected chi connectivity index (χ3v) is 5.00. The zero-order chi connectivity index (χ0) is 22.2. The first-order valence-electron chi connectivity index (χ1n) is 10.2. The maximum absolute atomic E-state index is 13.3. The predicted octanol–water partition coefficient (Wildman–Crippen LogP) is 3.28. The van der Waals surface area contributed by atoms with Gasteiger partial charge in [-0.2, -0.15) is 0 Å². The normalized spacial score (nSPS) is 13.6. The van der Waals surface area contributed by atoms with Crippen molar-refractivity contribution in [1.82, 2.24) is 9.80 Å². The summed E-state index contributed by atoms with van der Waals surface area (Å²) < 4.78 is 22.9. The van der Waals surface area contributed by atoms with Crippen molar-refractivity contribution < 1.29 is 28.2 Å². The van der Waals surface area contributed by atoms with Crippen molar-refractivity contribution in [3.05, 3.63) is 65.5 Å². The Morgan fingerprint density at radius 2 is 1.65 bits per heavy atom. The van der Waals surface area contributed by atoms with Crippen LogP contribution in [0.1, 0.15) is 29.3 Å². The van der Waals surface area contributed by atoms with E-state index in [0.29, 0.717) is 50.3 Å². The van der Waals surface area contributed by atoms with Crippen molar-refractivity contribution in [3.8, 4) is 5.75 Å². The molecular weight excluding hydrogens is 403 g/mol. The van der Waals surface area contributed by atoms with Gasteiger partial charge in [-0.1, -0.05) is 12.1 Å². The molecule has 0 atom stereocenters. The summed E-state index contributed by atoms with van der Waals surface area (Å²) in [6.45, 7) is 3.68. The number of piperazine rings is 1. The highest BCUT2D eigenvalue weighted by Crippen LogP contribution is 2.16. The highest BCUT2D eigenvalue weighted by molar-refractivity contribution is 5.94. The van der Waals surface area contributed by atoms with E-state index in [-0.39, 0.29) is 24.2 Å². The summed E-state index contributed by atoms with van der Waals surface area (Å²) in [6, 6.07) is 12.5. The number of aryl methyl sites for hydroxylation is 1. The van der Waals surface area contributed by atoms with Crippen LogP contribution in [0.25, 0.3) is 0 Å². The van der Waals surface area contributed by atoms with E-state index in [1.807, 2.05) is 0 Å². The predicted molar refractivity (Wildman–Crippen MR) is 111 cm³/mol. The lowest BCUT2D eigenvalue weighted by Gasteiger charge is -2.35. The molecule has 0 aliphatic carbocycles. The van der Waals surface area contributed by atoms with Crippen LogP contribution in [0, 0.1) is 5.82 Å². The number of ether oxygens (including phenoxy) is 2. The third kappa shape index (κ3) is 6.28. The molecule has 1 heterocycles. The van der Waals surface area contributed by atoms with E-state index in [0.717, 1.165) is 5.56 Å². The maximum atomic E-state index is 13.3. The molecular formula is C23H25FN2O5. The minimum atomic E-state index is -0.792. The van der Waals surface area contributed by atoms with Crippen LogP contribution >= 0.6 is 0 Å². The Labute approximate surface area is 180 Å². The van der Waals surface area contributed by atoms with Gasteiger partial charge in [0.1, 0.15) is 11.6 Å². The molecule has 31 heavy (non-hydrogen) atoms. The number of halogens is 1. The van der Waals surface area contributed by atoms with Gasteiger partial charge in [-0.3, -0.25) is 9.59 Å². The quantitative estimate of drug-likeness (QED) is 0.521. The number of carbonyl (C=O) groups is 3. The van der Waals surface area contributed by atoms with Crippen LogP contribution < -0.4 is 4.74 Å². The number of benzene rings is 2. The summed E-state index contributed by atoms with van der Waals surface area (Å²) in [5, 5.41) is 0. The van der Waals surface area contributed by atoms with Gasteiger partial charge >= 0.3 is 6.16 Å². The molecule has 0 saturated carbocycles. The first-order valence-corrected chi connectivity index (χ1v) is 10.2. The van der Waals surface area contributed by atoms with Crippen LogP contribution in [0.4, 0.5) is 9.18 Å². The third-order valence-electron chi connectivity index (χ3n) is 5.00. The first-order chi connectivity index (χ1) is 15.0. The Balaban J connectivity index is 1.46. The summed E-state index contributed by atoms with van der Waals surface area (Å²) in [5.41, 5.74) is 1.26. The van der Waals surface area contributed by atoms with Crippen molar-refractivity contribution in [1.29, 1.82) is 0 Å². The smallest absolute Gasteiger partial charge is 0.434 e. The molecule has 1 saturated heterocycles. The van der Waals surface area contributed by atoms with Crippen molar-refractivity contribution >= 4 is 18.0 Å². The van der Waals surface area contributed by atoms with Gasteiger partial charge in [0.05, 0.1) is 6.61 Å². The Kier molecular flexibility index (Phi) is 7.59. The molecule has 1 aliphatic rings. The Bertz CT molecular complexity index is 924. The zero-order valence-electron chi connectivity index (χ0n) is 17.4. The molecule has 8 heteroatoms. The molecule has 2 aromatic carbocycles. The van der Waals surface area contributed by atoms with Gasteiger partial charge < -0.3 is 19.3 Å². The lowest BCUT2D eigenvalue weighted by atomic mass is 10.1. The minimum Gasteiger partial charge on any atom is -0.434 e. The van der Waals surface area contributed by atoms with E-state index >= 15 is 0 Å². The van der Waals surface area contributed by atoms with Crippen molar-refractivity contribution in [2.24, 2.45) is 0 Å². The van der Waals surface area contributed by atoms with Crippen molar-refractivity contribution in [3.63, 3.8) is 0 Å². The minimum absolute atomic E-state index is 0.00294. The summed E-state index contributed by atoms with van der Waals surface area (Å²) in [5.74, 6) is -0.160. The lowest BCUT2D eigenvalue weighted by Crippen LogP contribution is -2.50. The molecule has 7 nitrogen and oxygen atoms in total. The molecule has 3 rings (SSSR count).